The van der Waals surface area contributed by atoms with E-state index in [4.69, 9.17) is 20.8 Å². The van der Waals surface area contributed by atoms with Gasteiger partial charge in [0.25, 0.3) is 0 Å². The highest BCUT2D eigenvalue weighted by Crippen LogP contribution is 2.16. The van der Waals surface area contributed by atoms with E-state index in [9.17, 15) is 4.79 Å². The molecule has 0 heterocycles. The van der Waals surface area contributed by atoms with E-state index in [0.717, 1.165) is 0 Å². The van der Waals surface area contributed by atoms with E-state index in [0.29, 0.717) is 5.56 Å². The fourth-order valence-electron chi connectivity index (χ4n) is 1.19. The number of hydrogen-bond donors (Lipinski definition) is 3. The van der Waals surface area contributed by atoms with Crippen LogP contribution in [0.25, 0.3) is 0 Å². The maximum Gasteiger partial charge on any atom is 0.329 e. The Labute approximate surface area is 91.9 Å². The lowest BCUT2D eigenvalue weighted by atomic mass is 10.1. The molecule has 0 saturated heterocycles. The van der Waals surface area contributed by atoms with E-state index in [2.05, 4.69) is 5.16 Å². The molecule has 4 N–H and O–H groups in total. The minimum Gasteiger partial charge on any atom is -0.480 e. The van der Waals surface area contributed by atoms with E-state index in [-0.39, 0.29) is 5.84 Å². The summed E-state index contributed by atoms with van der Waals surface area (Å²) in [4.78, 5) is 10.4. The Bertz CT molecular complexity index is 378. The second kappa shape index (κ2) is 5.72. The van der Waals surface area contributed by atoms with E-state index in [1.165, 1.54) is 0 Å². The first-order valence-electron chi connectivity index (χ1n) is 4.51. The van der Waals surface area contributed by atoms with E-state index >= 15 is 0 Å². The van der Waals surface area contributed by atoms with Crippen LogP contribution in [0.5, 0.6) is 0 Å². The van der Waals surface area contributed by atoms with Crippen molar-refractivity contribution in [3.05, 3.63) is 35.9 Å². The zero-order chi connectivity index (χ0) is 12.0. The van der Waals surface area contributed by atoms with Crippen molar-refractivity contribution >= 4 is 11.8 Å². The first-order chi connectivity index (χ1) is 7.65. The largest absolute Gasteiger partial charge is 0.480 e. The number of carbonyl (C=O) groups is 1. The Balaban J connectivity index is 2.84. The highest BCUT2D eigenvalue weighted by atomic mass is 16.5. The second-order valence-electron chi connectivity index (χ2n) is 3.02. The molecule has 1 unspecified atom stereocenters. The number of carboxylic acids is 1. The lowest BCUT2D eigenvalue weighted by Crippen LogP contribution is -2.26. The second-order valence-corrected chi connectivity index (χ2v) is 3.02. The number of ether oxygens (including phenoxy) is 1. The van der Waals surface area contributed by atoms with Crippen LogP contribution >= 0.6 is 0 Å². The molecule has 1 rings (SSSR count). The van der Waals surface area contributed by atoms with Gasteiger partial charge in [0.2, 0.25) is 0 Å². The van der Waals surface area contributed by atoms with Gasteiger partial charge in [0.05, 0.1) is 0 Å². The fraction of sp³-hybridized carbons (Fsp3) is 0.200. The van der Waals surface area contributed by atoms with Crippen LogP contribution in [-0.4, -0.2) is 28.7 Å². The van der Waals surface area contributed by atoms with Crippen molar-refractivity contribution in [3.63, 3.8) is 0 Å². The number of hydrogen-bond acceptors (Lipinski definition) is 4. The van der Waals surface area contributed by atoms with Gasteiger partial charge in [-0.3, -0.25) is 0 Å². The number of nitrogens with two attached hydrogens (primary N) is 1. The molecule has 1 aromatic carbocycles. The van der Waals surface area contributed by atoms with Crippen LogP contribution in [0.3, 0.4) is 0 Å². The quantitative estimate of drug-likeness (QED) is 0.293. The van der Waals surface area contributed by atoms with Crippen LogP contribution in [0.2, 0.25) is 0 Å². The average molecular weight is 224 g/mol. The Hall–Kier alpha value is -2.08. The third-order valence-electron chi connectivity index (χ3n) is 1.86. The zero-order valence-electron chi connectivity index (χ0n) is 8.41. The van der Waals surface area contributed by atoms with Gasteiger partial charge in [-0.2, -0.15) is 0 Å². The molecule has 1 atom stereocenters. The predicted octanol–water partition coefficient (Wildman–Crippen LogP) is 0.575. The van der Waals surface area contributed by atoms with Gasteiger partial charge in [0.1, 0.15) is 12.7 Å². The third-order valence-corrected chi connectivity index (χ3v) is 1.86. The molecule has 0 fully saturated rings. The molecule has 0 aliphatic carbocycles. The average Bonchev–Trinajstić information content (AvgIpc) is 2.30. The standard InChI is InChI=1S/C10H12N2O4/c11-10(12-15)9(16-6-8(13)14)7-4-2-1-3-5-7/h1-5,9,15H,6H2,(H2,11,12)(H,13,14). The van der Waals surface area contributed by atoms with Gasteiger partial charge >= 0.3 is 5.97 Å². The molecule has 0 aliphatic heterocycles. The normalized spacial score (nSPS) is 13.4. The number of amidine groups is 1. The van der Waals surface area contributed by atoms with Crippen molar-refractivity contribution in [2.45, 2.75) is 6.10 Å². The van der Waals surface area contributed by atoms with Gasteiger partial charge in [-0.15, -0.1) is 0 Å². The molecule has 0 aromatic heterocycles. The molecule has 0 saturated carbocycles. The number of carboxylic acid groups (broad SMARTS) is 1. The molecule has 6 nitrogen and oxygen atoms in total. The van der Waals surface area contributed by atoms with Crippen molar-refractivity contribution < 1.29 is 19.8 Å². The number of benzene rings is 1. The molecular formula is C10H12N2O4. The van der Waals surface area contributed by atoms with E-state index in [1.807, 2.05) is 0 Å². The topological polar surface area (TPSA) is 105 Å². The predicted molar refractivity (Wildman–Crippen MR) is 56.2 cm³/mol. The zero-order valence-corrected chi connectivity index (χ0v) is 8.41. The first-order valence-corrected chi connectivity index (χ1v) is 4.51. The van der Waals surface area contributed by atoms with Crippen LogP contribution in [0.4, 0.5) is 0 Å². The number of aliphatic carboxylic acids is 1. The summed E-state index contributed by atoms with van der Waals surface area (Å²) in [6.07, 6.45) is -0.859. The van der Waals surface area contributed by atoms with Crippen molar-refractivity contribution in [2.24, 2.45) is 10.9 Å². The van der Waals surface area contributed by atoms with Gasteiger partial charge in [-0.1, -0.05) is 35.5 Å². The molecule has 86 valence electrons. The maximum absolute atomic E-state index is 10.4. The van der Waals surface area contributed by atoms with E-state index in [1.54, 1.807) is 30.3 Å². The van der Waals surface area contributed by atoms with Gasteiger partial charge in [-0.25, -0.2) is 4.79 Å². The summed E-state index contributed by atoms with van der Waals surface area (Å²) < 4.78 is 5.03. The SMILES string of the molecule is NC(=NO)C(OCC(=O)O)c1ccccc1. The first kappa shape index (κ1) is 12.0. The van der Waals surface area contributed by atoms with Crippen molar-refractivity contribution in [1.29, 1.82) is 0 Å². The molecule has 0 spiro atoms. The molecule has 0 amide bonds. The summed E-state index contributed by atoms with van der Waals surface area (Å²) in [6.45, 7) is -0.518. The minimum atomic E-state index is -1.12. The van der Waals surface area contributed by atoms with E-state index < -0.39 is 18.7 Å². The molecule has 0 radical (unpaired) electrons. The van der Waals surface area contributed by atoms with Gasteiger partial charge in [-0.05, 0) is 5.56 Å². The Morgan fingerprint density at radius 3 is 2.56 bits per heavy atom. The maximum atomic E-state index is 10.4. The molecule has 6 heteroatoms. The summed E-state index contributed by atoms with van der Waals surface area (Å²) in [7, 11) is 0. The van der Waals surface area contributed by atoms with Crippen LogP contribution in [0, 0.1) is 0 Å². The molecule has 0 bridgehead atoms. The van der Waals surface area contributed by atoms with Crippen LogP contribution < -0.4 is 5.73 Å². The summed E-state index contributed by atoms with van der Waals surface area (Å²) in [5.74, 6) is -1.31. The lowest BCUT2D eigenvalue weighted by molar-refractivity contribution is -0.143. The van der Waals surface area contributed by atoms with Gasteiger partial charge in [0, 0.05) is 0 Å². The van der Waals surface area contributed by atoms with Crippen molar-refractivity contribution in [1.82, 2.24) is 0 Å². The Kier molecular flexibility index (Phi) is 4.28. The van der Waals surface area contributed by atoms with Crippen LogP contribution in [0.15, 0.2) is 35.5 Å². The number of oxime groups is 1. The third kappa shape index (κ3) is 3.25. The number of rotatable bonds is 5. The summed E-state index contributed by atoms with van der Waals surface area (Å²) in [5, 5.41) is 19.9. The lowest BCUT2D eigenvalue weighted by Gasteiger charge is -2.15. The highest BCUT2D eigenvalue weighted by Gasteiger charge is 2.18. The molecule has 0 aliphatic rings. The summed E-state index contributed by atoms with van der Waals surface area (Å²) in [5.41, 5.74) is 6.04. The molecule has 1 aromatic rings. The highest BCUT2D eigenvalue weighted by molar-refractivity contribution is 5.85. The summed E-state index contributed by atoms with van der Waals surface area (Å²) in [6, 6.07) is 8.69. The molecule has 16 heavy (non-hydrogen) atoms. The van der Waals surface area contributed by atoms with Crippen LogP contribution in [-0.2, 0) is 9.53 Å². The number of nitrogens with zero attached hydrogens (tertiary/aromatic N) is 1. The van der Waals surface area contributed by atoms with Crippen molar-refractivity contribution in [2.75, 3.05) is 6.61 Å². The van der Waals surface area contributed by atoms with Crippen LogP contribution in [0.1, 0.15) is 11.7 Å². The van der Waals surface area contributed by atoms with Gasteiger partial charge < -0.3 is 20.8 Å². The Morgan fingerprint density at radius 2 is 2.06 bits per heavy atom. The Morgan fingerprint density at radius 1 is 1.44 bits per heavy atom. The van der Waals surface area contributed by atoms with Gasteiger partial charge in [0.15, 0.2) is 5.84 Å². The molecular weight excluding hydrogens is 212 g/mol. The monoisotopic (exact) mass is 224 g/mol. The minimum absolute atomic E-state index is 0.188. The summed E-state index contributed by atoms with van der Waals surface area (Å²) >= 11 is 0. The smallest absolute Gasteiger partial charge is 0.329 e. The fourth-order valence-corrected chi connectivity index (χ4v) is 1.19. The van der Waals surface area contributed by atoms with Crippen molar-refractivity contribution in [3.8, 4) is 0 Å².